The number of aryl methyl sites for hydroxylation is 1. The number of carbonyl (C=O) groups is 2. The van der Waals surface area contributed by atoms with E-state index in [1.807, 2.05) is 17.9 Å². The van der Waals surface area contributed by atoms with Crippen LogP contribution in [0.25, 0.3) is 0 Å². The van der Waals surface area contributed by atoms with Crippen molar-refractivity contribution in [2.24, 2.45) is 5.92 Å². The molecule has 0 radical (unpaired) electrons. The van der Waals surface area contributed by atoms with Crippen LogP contribution in [0.15, 0.2) is 12.1 Å². The Morgan fingerprint density at radius 3 is 2.78 bits per heavy atom. The maximum atomic E-state index is 12.6. The molecule has 0 aromatic carbocycles. The Hall–Kier alpha value is -2.18. The Bertz CT molecular complexity index is 589. The number of hydrogen-bond acceptors (Lipinski definition) is 5. The van der Waals surface area contributed by atoms with Gasteiger partial charge in [-0.25, -0.2) is 0 Å². The van der Waals surface area contributed by atoms with Crippen LogP contribution in [-0.2, 0) is 9.59 Å². The molecule has 2 atom stereocenters. The third-order valence-electron chi connectivity index (χ3n) is 4.44. The van der Waals surface area contributed by atoms with E-state index in [-0.39, 0.29) is 23.8 Å². The lowest BCUT2D eigenvalue weighted by Crippen LogP contribution is -2.47. The van der Waals surface area contributed by atoms with Gasteiger partial charge in [0.15, 0.2) is 0 Å². The maximum Gasteiger partial charge on any atom is 0.233 e. The lowest BCUT2D eigenvalue weighted by atomic mass is 10.0. The zero-order chi connectivity index (χ0) is 16.4. The van der Waals surface area contributed by atoms with Crippen LogP contribution in [0.3, 0.4) is 0 Å². The first-order valence-corrected chi connectivity index (χ1v) is 8.02. The lowest BCUT2D eigenvalue weighted by molar-refractivity contribution is -0.138. The number of aromatic nitrogens is 2. The van der Waals surface area contributed by atoms with Gasteiger partial charge < -0.3 is 14.5 Å². The second-order valence-corrected chi connectivity index (χ2v) is 6.35. The normalized spacial score (nSPS) is 24.9. The molecule has 0 saturated carbocycles. The molecule has 0 spiro atoms. The van der Waals surface area contributed by atoms with Crippen molar-refractivity contribution < 1.29 is 14.3 Å². The molecular formula is C16H22N4O3. The van der Waals surface area contributed by atoms with Crippen LogP contribution in [0.5, 0.6) is 5.88 Å². The molecule has 3 rings (SSSR count). The minimum absolute atomic E-state index is 0.0445. The molecule has 2 fully saturated rings. The summed E-state index contributed by atoms with van der Waals surface area (Å²) < 4.78 is 5.85. The molecule has 0 N–H and O–H groups in total. The van der Waals surface area contributed by atoms with Gasteiger partial charge in [-0.2, -0.15) is 5.10 Å². The van der Waals surface area contributed by atoms with Gasteiger partial charge in [-0.3, -0.25) is 9.59 Å². The van der Waals surface area contributed by atoms with E-state index in [9.17, 15) is 9.59 Å². The molecule has 1 aromatic heterocycles. The summed E-state index contributed by atoms with van der Waals surface area (Å²) in [6, 6.07) is 3.65. The smallest absolute Gasteiger partial charge is 0.233 e. The number of hydrogen-bond donors (Lipinski definition) is 0. The highest BCUT2D eigenvalue weighted by molar-refractivity contribution is 5.89. The Balaban J connectivity index is 1.58. The van der Waals surface area contributed by atoms with Crippen LogP contribution in [0.4, 0.5) is 0 Å². The van der Waals surface area contributed by atoms with Gasteiger partial charge in [0.05, 0.1) is 18.2 Å². The minimum Gasteiger partial charge on any atom is -0.471 e. The predicted molar refractivity (Wildman–Crippen MR) is 82.7 cm³/mol. The third kappa shape index (κ3) is 3.60. The molecule has 2 aliphatic rings. The summed E-state index contributed by atoms with van der Waals surface area (Å²) in [7, 11) is 1.74. The fourth-order valence-electron chi connectivity index (χ4n) is 3.14. The van der Waals surface area contributed by atoms with Gasteiger partial charge in [0.1, 0.15) is 6.10 Å². The summed E-state index contributed by atoms with van der Waals surface area (Å²) in [4.78, 5) is 27.7. The number of ether oxygens (including phenoxy) is 1. The summed E-state index contributed by atoms with van der Waals surface area (Å²) in [5.41, 5.74) is 0.841. The fourth-order valence-corrected chi connectivity index (χ4v) is 3.14. The van der Waals surface area contributed by atoms with Crippen LogP contribution in [-0.4, -0.2) is 64.6 Å². The number of nitrogens with zero attached hydrogens (tertiary/aromatic N) is 4. The molecule has 2 aliphatic heterocycles. The Labute approximate surface area is 135 Å². The molecule has 2 saturated heterocycles. The molecule has 7 nitrogen and oxygen atoms in total. The van der Waals surface area contributed by atoms with Crippen molar-refractivity contribution >= 4 is 11.8 Å². The quantitative estimate of drug-likeness (QED) is 0.817. The number of piperidine rings is 1. The van der Waals surface area contributed by atoms with E-state index >= 15 is 0 Å². The zero-order valence-corrected chi connectivity index (χ0v) is 13.6. The average Bonchev–Trinajstić information content (AvgIpc) is 2.88. The average molecular weight is 318 g/mol. The minimum atomic E-state index is -0.217. The predicted octanol–water partition coefficient (Wildman–Crippen LogP) is 0.633. The van der Waals surface area contributed by atoms with E-state index in [0.717, 1.165) is 25.1 Å². The third-order valence-corrected chi connectivity index (χ3v) is 4.44. The highest BCUT2D eigenvalue weighted by Crippen LogP contribution is 2.22. The van der Waals surface area contributed by atoms with Crippen molar-refractivity contribution in [1.82, 2.24) is 20.0 Å². The van der Waals surface area contributed by atoms with Gasteiger partial charge in [0.2, 0.25) is 17.7 Å². The Kier molecular flexibility index (Phi) is 4.45. The number of likely N-dealkylation sites (tertiary alicyclic amines) is 2. The summed E-state index contributed by atoms with van der Waals surface area (Å²) in [5.74, 6) is 0.380. The van der Waals surface area contributed by atoms with Crippen molar-refractivity contribution in [3.8, 4) is 5.88 Å². The summed E-state index contributed by atoms with van der Waals surface area (Å²) in [6.07, 6.45) is 2.04. The molecule has 23 heavy (non-hydrogen) atoms. The van der Waals surface area contributed by atoms with Gasteiger partial charge >= 0.3 is 0 Å². The highest BCUT2D eigenvalue weighted by Gasteiger charge is 2.36. The van der Waals surface area contributed by atoms with E-state index in [2.05, 4.69) is 10.2 Å². The van der Waals surface area contributed by atoms with Gasteiger partial charge in [-0.1, -0.05) is 0 Å². The van der Waals surface area contributed by atoms with Crippen LogP contribution in [0.1, 0.15) is 25.0 Å². The monoisotopic (exact) mass is 318 g/mol. The molecule has 0 aliphatic carbocycles. The fraction of sp³-hybridized carbons (Fsp3) is 0.625. The molecule has 3 heterocycles. The first-order chi connectivity index (χ1) is 11.0. The van der Waals surface area contributed by atoms with Gasteiger partial charge in [0, 0.05) is 32.6 Å². The van der Waals surface area contributed by atoms with Gasteiger partial charge in [-0.05, 0) is 25.8 Å². The van der Waals surface area contributed by atoms with Crippen LogP contribution >= 0.6 is 0 Å². The van der Waals surface area contributed by atoms with Crippen molar-refractivity contribution in [2.75, 3.05) is 26.7 Å². The van der Waals surface area contributed by atoms with E-state index in [1.165, 1.54) is 0 Å². The highest BCUT2D eigenvalue weighted by atomic mass is 16.5. The topological polar surface area (TPSA) is 75.6 Å². The molecule has 0 unspecified atom stereocenters. The zero-order valence-electron chi connectivity index (χ0n) is 13.6. The molecule has 7 heteroatoms. The van der Waals surface area contributed by atoms with Gasteiger partial charge in [-0.15, -0.1) is 5.10 Å². The SMILES string of the molecule is Cc1ccc(O[C@H]2CCCN(C(=O)[C@H]3CC(=O)N(C)C3)C2)nn1. The van der Waals surface area contributed by atoms with E-state index in [0.29, 0.717) is 25.4 Å². The number of amides is 2. The molecule has 1 aromatic rings. The second kappa shape index (κ2) is 6.52. The first-order valence-electron chi connectivity index (χ1n) is 8.02. The molecule has 0 bridgehead atoms. The van der Waals surface area contributed by atoms with E-state index in [4.69, 9.17) is 4.74 Å². The summed E-state index contributed by atoms with van der Waals surface area (Å²) in [6.45, 7) is 3.66. The van der Waals surface area contributed by atoms with Crippen molar-refractivity contribution in [1.29, 1.82) is 0 Å². The van der Waals surface area contributed by atoms with Crippen molar-refractivity contribution in [2.45, 2.75) is 32.3 Å². The molecule has 124 valence electrons. The number of rotatable bonds is 3. The Morgan fingerprint density at radius 1 is 1.30 bits per heavy atom. The lowest BCUT2D eigenvalue weighted by Gasteiger charge is -2.33. The maximum absolute atomic E-state index is 12.6. The summed E-state index contributed by atoms with van der Waals surface area (Å²) in [5, 5.41) is 7.99. The molecular weight excluding hydrogens is 296 g/mol. The van der Waals surface area contributed by atoms with Crippen LogP contribution in [0.2, 0.25) is 0 Å². The Morgan fingerprint density at radius 2 is 2.13 bits per heavy atom. The summed E-state index contributed by atoms with van der Waals surface area (Å²) >= 11 is 0. The van der Waals surface area contributed by atoms with Crippen LogP contribution in [0, 0.1) is 12.8 Å². The van der Waals surface area contributed by atoms with Crippen LogP contribution < -0.4 is 4.74 Å². The number of carbonyl (C=O) groups excluding carboxylic acids is 2. The van der Waals surface area contributed by atoms with Crippen molar-refractivity contribution in [3.05, 3.63) is 17.8 Å². The molecule has 2 amide bonds. The standard InChI is InChI=1S/C16H22N4O3/c1-11-5-6-14(18-17-11)23-13-4-3-7-20(10-13)16(22)12-8-15(21)19(2)9-12/h5-6,12-13H,3-4,7-10H2,1-2H3/t12-,13-/m0/s1. The second-order valence-electron chi connectivity index (χ2n) is 6.35. The largest absolute Gasteiger partial charge is 0.471 e. The van der Waals surface area contributed by atoms with Crippen molar-refractivity contribution in [3.63, 3.8) is 0 Å². The van der Waals surface area contributed by atoms with Gasteiger partial charge in [0.25, 0.3) is 0 Å². The van der Waals surface area contributed by atoms with E-state index < -0.39 is 0 Å². The first kappa shape index (κ1) is 15.7. The van der Waals surface area contributed by atoms with E-state index in [1.54, 1.807) is 18.0 Å².